The zero-order chi connectivity index (χ0) is 22.3. The maximum Gasteiger partial charge on any atom is -0.147 e. The Labute approximate surface area is 218 Å². The van der Waals surface area contributed by atoms with Crippen LogP contribution >= 0.6 is 24.8 Å². The third kappa shape index (κ3) is 3.56. The number of hydrogen-bond acceptors (Lipinski definition) is 0. The van der Waals surface area contributed by atoms with Crippen molar-refractivity contribution < 1.29 is 17.7 Å². The van der Waals surface area contributed by atoms with Gasteiger partial charge in [-0.05, 0) is 0 Å². The first-order chi connectivity index (χ1) is 15.2. The summed E-state index contributed by atoms with van der Waals surface area (Å²) in [4.78, 5) is 0. The molecule has 4 heteroatoms. The van der Waals surface area contributed by atoms with Gasteiger partial charge < -0.3 is 0 Å². The van der Waals surface area contributed by atoms with E-state index in [9.17, 15) is 0 Å². The van der Waals surface area contributed by atoms with Crippen LogP contribution in [0.15, 0.2) is 83.9 Å². The Bertz CT molecular complexity index is 1420. The van der Waals surface area contributed by atoms with Gasteiger partial charge >= 0.3 is 196 Å². The minimum absolute atomic E-state index is 0. The Morgan fingerprint density at radius 1 is 0.588 bits per heavy atom. The van der Waals surface area contributed by atoms with Gasteiger partial charge in [0, 0.05) is 0 Å². The third-order valence-electron chi connectivity index (χ3n) is 8.05. The van der Waals surface area contributed by atoms with Crippen molar-refractivity contribution in [2.24, 2.45) is 0 Å². The summed E-state index contributed by atoms with van der Waals surface area (Å²) in [5.41, 5.74) is 9.58. The predicted octanol–water partition coefficient (Wildman–Crippen LogP) is 8.18. The summed E-state index contributed by atoms with van der Waals surface area (Å²) < 4.78 is 9.12. The summed E-state index contributed by atoms with van der Waals surface area (Å²) in [6.45, 7) is 4.86. The molecule has 0 aromatic heterocycles. The Morgan fingerprint density at radius 3 is 1.38 bits per heavy atom. The van der Waals surface area contributed by atoms with Crippen LogP contribution in [0, 0.1) is 0 Å². The van der Waals surface area contributed by atoms with E-state index in [1.165, 1.54) is 29.0 Å². The van der Waals surface area contributed by atoms with E-state index < -0.39 is 17.7 Å². The molecule has 0 atom stereocenters. The molecule has 0 aliphatic heterocycles. The molecule has 2 aliphatic rings. The zero-order valence-corrected chi connectivity index (χ0v) is 27.9. The maximum atomic E-state index is 2.76. The van der Waals surface area contributed by atoms with Crippen molar-refractivity contribution in [2.75, 3.05) is 0 Å². The summed E-state index contributed by atoms with van der Waals surface area (Å²) in [5, 5.41) is 5.70. The molecule has 2 aliphatic carbocycles. The van der Waals surface area contributed by atoms with E-state index in [4.69, 9.17) is 0 Å². The first-order valence-corrected chi connectivity index (χ1v) is 34.4. The van der Waals surface area contributed by atoms with Crippen LogP contribution in [0.4, 0.5) is 0 Å². The summed E-state index contributed by atoms with van der Waals surface area (Å²) in [7, 11) is 1.26. The van der Waals surface area contributed by atoms with Gasteiger partial charge in [0.25, 0.3) is 0 Å². The van der Waals surface area contributed by atoms with E-state index in [0.717, 1.165) is 12.8 Å². The number of allylic oxidation sites excluding steroid dienone is 2. The number of fused-ring (bicyclic) bond motifs is 6. The fraction of sp³-hybridized carbons (Fsp3) is 0.200. The second-order valence-corrected chi connectivity index (χ2v) is 62.0. The van der Waals surface area contributed by atoms with Crippen molar-refractivity contribution in [3.63, 3.8) is 0 Å². The van der Waals surface area contributed by atoms with Crippen molar-refractivity contribution >= 4 is 60.4 Å². The molecule has 4 aromatic carbocycles. The molecule has 4 aromatic rings. The molecule has 34 heavy (non-hydrogen) atoms. The molecule has 0 saturated heterocycles. The average Bonchev–Trinajstić information content (AvgIpc) is 3.30. The average molecular weight is 671 g/mol. The fourth-order valence-corrected chi connectivity index (χ4v) is 38.9. The van der Waals surface area contributed by atoms with Crippen LogP contribution in [0.3, 0.4) is 0 Å². The number of benzene rings is 4. The second-order valence-electron chi connectivity index (χ2n) is 11.4. The van der Waals surface area contributed by atoms with Crippen LogP contribution in [-0.4, -0.2) is 7.43 Å². The van der Waals surface area contributed by atoms with Crippen LogP contribution in [-0.2, 0) is 30.5 Å². The number of hydrogen-bond donors (Lipinski definition) is 0. The Hall–Kier alpha value is -1.45. The van der Waals surface area contributed by atoms with Crippen LogP contribution in [0.25, 0.3) is 28.2 Å². The summed E-state index contributed by atoms with van der Waals surface area (Å²) in [6, 6.07) is 27.6. The standard InChI is InChI=1S/2C14H11.2CH3.2ClH.Hf.H3Si/c2*1-10-8-12-7-6-11-4-2-3-5-13(11)14(12)9-10;;;;;;/h2*2-7H,8H2,1H3;2*1H3;2*1H;;1H3. The predicted molar refractivity (Wildman–Crippen MR) is 157 cm³/mol. The molecule has 0 saturated carbocycles. The smallest absolute Gasteiger partial charge is 0.147 e. The quantitative estimate of drug-likeness (QED) is 0.189. The van der Waals surface area contributed by atoms with Gasteiger partial charge in [-0.25, -0.2) is 0 Å². The van der Waals surface area contributed by atoms with E-state index in [2.05, 4.69) is 96.0 Å². The molecule has 0 spiro atoms. The minimum Gasteiger partial charge on any atom is -0.147 e. The van der Waals surface area contributed by atoms with Crippen molar-refractivity contribution in [1.29, 1.82) is 0 Å². The van der Waals surface area contributed by atoms with E-state index in [-0.39, 0.29) is 24.8 Å². The van der Waals surface area contributed by atoms with Gasteiger partial charge in [0.15, 0.2) is 0 Å². The molecule has 175 valence electrons. The van der Waals surface area contributed by atoms with Gasteiger partial charge in [0.1, 0.15) is 0 Å². The number of halogens is 2. The van der Waals surface area contributed by atoms with Gasteiger partial charge in [-0.15, -0.1) is 24.8 Å². The zero-order valence-electron chi connectivity index (χ0n) is 20.7. The van der Waals surface area contributed by atoms with Crippen molar-refractivity contribution in [1.82, 2.24) is 0 Å². The molecular formula is C30H33Cl2HfSi. The number of rotatable bonds is 2. The van der Waals surface area contributed by atoms with Crippen molar-refractivity contribution in [3.8, 4) is 0 Å². The summed E-state index contributed by atoms with van der Waals surface area (Å²) >= 11 is -3.61. The molecule has 0 amide bonds. The Balaban J connectivity index is 0.00000137. The molecule has 6 rings (SSSR count). The SMILES string of the molecule is CC1=[C]([Hf]([CH3])([CH3])([SiH3])[C]2=C(C)Cc3ccc4ccccc4c32)c2c(ccc3ccccc23)C1.Cl.Cl. The molecule has 0 fully saturated rings. The van der Waals surface area contributed by atoms with Crippen LogP contribution < -0.4 is 0 Å². The fourth-order valence-electron chi connectivity index (χ4n) is 7.19. The molecule has 0 nitrogen and oxygen atoms in total. The summed E-state index contributed by atoms with van der Waals surface area (Å²) in [6.07, 6.45) is 2.25. The van der Waals surface area contributed by atoms with E-state index in [1.807, 2.05) is 0 Å². The molecule has 0 radical (unpaired) electrons. The second kappa shape index (κ2) is 8.59. The van der Waals surface area contributed by atoms with Crippen molar-refractivity contribution in [3.05, 3.63) is 106 Å². The topological polar surface area (TPSA) is 0 Å². The van der Waals surface area contributed by atoms with E-state index in [1.54, 1.807) is 40.1 Å². The first-order valence-electron chi connectivity index (χ1n) is 11.9. The van der Waals surface area contributed by atoms with Crippen LogP contribution in [0.2, 0.25) is 9.36 Å². The van der Waals surface area contributed by atoms with Crippen molar-refractivity contribution in [2.45, 2.75) is 36.0 Å². The maximum absolute atomic E-state index is 3.61. The molecular weight excluding hydrogens is 638 g/mol. The molecule has 0 unspecified atom stereocenters. The minimum atomic E-state index is -3.61. The van der Waals surface area contributed by atoms with Gasteiger partial charge in [0.2, 0.25) is 0 Å². The Kier molecular flexibility index (Phi) is 6.47. The monoisotopic (exact) mass is 671 g/mol. The third-order valence-corrected chi connectivity index (χ3v) is 33.7. The van der Waals surface area contributed by atoms with Crippen LogP contribution in [0.1, 0.15) is 36.1 Å². The van der Waals surface area contributed by atoms with E-state index >= 15 is 0 Å². The van der Waals surface area contributed by atoms with Gasteiger partial charge in [-0.3, -0.25) is 0 Å². The van der Waals surface area contributed by atoms with E-state index in [0.29, 0.717) is 0 Å². The van der Waals surface area contributed by atoms with Gasteiger partial charge in [-0.1, -0.05) is 0 Å². The summed E-state index contributed by atoms with van der Waals surface area (Å²) in [5.74, 6) is 0. The molecule has 0 N–H and O–H groups in total. The normalized spacial score (nSPS) is 16.2. The first kappa shape index (κ1) is 25.6. The molecule has 0 heterocycles. The van der Waals surface area contributed by atoms with Gasteiger partial charge in [0.05, 0.1) is 0 Å². The largest absolute Gasteiger partial charge is 0.147 e. The molecule has 0 bridgehead atoms. The Morgan fingerprint density at radius 2 is 0.971 bits per heavy atom. The van der Waals surface area contributed by atoms with Gasteiger partial charge in [-0.2, -0.15) is 0 Å². The van der Waals surface area contributed by atoms with Crippen LogP contribution in [0.5, 0.6) is 0 Å².